The van der Waals surface area contributed by atoms with E-state index < -0.39 is 0 Å². The molecular formula is C17H27BrN2. The van der Waals surface area contributed by atoms with Crippen molar-refractivity contribution in [3.05, 3.63) is 28.2 Å². The molecule has 2 nitrogen and oxygen atoms in total. The van der Waals surface area contributed by atoms with Crippen LogP contribution in [0.15, 0.2) is 22.7 Å². The van der Waals surface area contributed by atoms with E-state index in [0.717, 1.165) is 19.1 Å². The number of hydrogen-bond donors (Lipinski definition) is 1. The molecule has 1 aromatic rings. The number of rotatable bonds is 7. The summed E-state index contributed by atoms with van der Waals surface area (Å²) in [4.78, 5) is 2.58. The molecule has 2 rings (SSSR count). The van der Waals surface area contributed by atoms with Crippen molar-refractivity contribution in [3.8, 4) is 0 Å². The van der Waals surface area contributed by atoms with Gasteiger partial charge in [-0.15, -0.1) is 0 Å². The maximum Gasteiger partial charge on any atom is 0.0380 e. The Balaban J connectivity index is 2.18. The molecule has 1 atom stereocenters. The van der Waals surface area contributed by atoms with Gasteiger partial charge >= 0.3 is 0 Å². The SMILES string of the molecule is CCNC(C)c1ccc(N(CC(C)C)C2CC2)cc1Br. The van der Waals surface area contributed by atoms with Crippen LogP contribution >= 0.6 is 15.9 Å². The van der Waals surface area contributed by atoms with E-state index >= 15 is 0 Å². The molecule has 0 saturated heterocycles. The number of hydrogen-bond acceptors (Lipinski definition) is 2. The average Bonchev–Trinajstić information content (AvgIpc) is 3.20. The summed E-state index contributed by atoms with van der Waals surface area (Å²) in [6.07, 6.45) is 2.69. The van der Waals surface area contributed by atoms with Gasteiger partial charge in [0.25, 0.3) is 0 Å². The first-order valence-corrected chi connectivity index (χ1v) is 8.61. The van der Waals surface area contributed by atoms with Gasteiger partial charge in [0.15, 0.2) is 0 Å². The lowest BCUT2D eigenvalue weighted by molar-refractivity contribution is 0.594. The van der Waals surface area contributed by atoms with Crippen LogP contribution in [-0.4, -0.2) is 19.1 Å². The second-order valence-corrected chi connectivity index (χ2v) is 7.12. The molecular weight excluding hydrogens is 312 g/mol. The lowest BCUT2D eigenvalue weighted by atomic mass is 10.1. The Morgan fingerprint density at radius 2 is 2.00 bits per heavy atom. The van der Waals surface area contributed by atoms with Crippen LogP contribution in [0.3, 0.4) is 0 Å². The number of halogens is 1. The van der Waals surface area contributed by atoms with Gasteiger partial charge in [0.05, 0.1) is 0 Å². The van der Waals surface area contributed by atoms with Gasteiger partial charge in [-0.1, -0.05) is 42.8 Å². The van der Waals surface area contributed by atoms with E-state index in [1.165, 1.54) is 28.6 Å². The molecule has 0 aliphatic heterocycles. The van der Waals surface area contributed by atoms with Crippen LogP contribution in [0.2, 0.25) is 0 Å². The fourth-order valence-electron chi connectivity index (χ4n) is 2.71. The van der Waals surface area contributed by atoms with E-state index in [1.807, 2.05) is 0 Å². The maximum absolute atomic E-state index is 3.76. The first-order valence-electron chi connectivity index (χ1n) is 7.82. The topological polar surface area (TPSA) is 15.3 Å². The van der Waals surface area contributed by atoms with Crippen molar-refractivity contribution in [2.24, 2.45) is 5.92 Å². The first kappa shape index (κ1) is 15.8. The van der Waals surface area contributed by atoms with Gasteiger partial charge in [-0.25, -0.2) is 0 Å². The van der Waals surface area contributed by atoms with Gasteiger partial charge in [0.2, 0.25) is 0 Å². The van der Waals surface area contributed by atoms with Crippen molar-refractivity contribution in [1.29, 1.82) is 0 Å². The second-order valence-electron chi connectivity index (χ2n) is 6.26. The molecule has 112 valence electrons. The molecule has 3 heteroatoms. The molecule has 1 fully saturated rings. The minimum absolute atomic E-state index is 0.392. The van der Waals surface area contributed by atoms with Gasteiger partial charge in [0, 0.05) is 28.8 Å². The van der Waals surface area contributed by atoms with Crippen molar-refractivity contribution >= 4 is 21.6 Å². The molecule has 1 aliphatic carbocycles. The molecule has 0 radical (unpaired) electrons. The fraction of sp³-hybridized carbons (Fsp3) is 0.647. The van der Waals surface area contributed by atoms with Crippen molar-refractivity contribution in [3.63, 3.8) is 0 Å². The van der Waals surface area contributed by atoms with Crippen LogP contribution in [0.1, 0.15) is 52.1 Å². The largest absolute Gasteiger partial charge is 0.368 e. The summed E-state index contributed by atoms with van der Waals surface area (Å²) in [5.41, 5.74) is 2.71. The first-order chi connectivity index (χ1) is 9.52. The molecule has 1 saturated carbocycles. The van der Waals surface area contributed by atoms with Gasteiger partial charge in [0.1, 0.15) is 0 Å². The van der Waals surface area contributed by atoms with E-state index in [4.69, 9.17) is 0 Å². The van der Waals surface area contributed by atoms with E-state index in [2.05, 4.69) is 72.0 Å². The van der Waals surface area contributed by atoms with Gasteiger partial charge in [-0.2, -0.15) is 0 Å². The lowest BCUT2D eigenvalue weighted by Crippen LogP contribution is -2.29. The molecule has 0 bridgehead atoms. The van der Waals surface area contributed by atoms with Crippen LogP contribution in [0.5, 0.6) is 0 Å². The maximum atomic E-state index is 3.76. The zero-order valence-corrected chi connectivity index (χ0v) is 14.7. The van der Waals surface area contributed by atoms with E-state index in [1.54, 1.807) is 0 Å². The predicted molar refractivity (Wildman–Crippen MR) is 91.4 cm³/mol. The normalized spacial score (nSPS) is 16.5. The zero-order chi connectivity index (χ0) is 14.7. The van der Waals surface area contributed by atoms with E-state index in [-0.39, 0.29) is 0 Å². The van der Waals surface area contributed by atoms with Gasteiger partial charge in [-0.05, 0) is 49.9 Å². The number of nitrogens with zero attached hydrogens (tertiary/aromatic N) is 1. The summed E-state index contributed by atoms with van der Waals surface area (Å²) < 4.78 is 1.22. The van der Waals surface area contributed by atoms with E-state index in [0.29, 0.717) is 12.0 Å². The molecule has 20 heavy (non-hydrogen) atoms. The number of benzene rings is 1. The summed E-state index contributed by atoms with van der Waals surface area (Å²) in [7, 11) is 0. The van der Waals surface area contributed by atoms with Gasteiger partial charge in [-0.3, -0.25) is 0 Å². The third-order valence-corrected chi connectivity index (χ3v) is 4.53. The quantitative estimate of drug-likeness (QED) is 0.772. The van der Waals surface area contributed by atoms with E-state index in [9.17, 15) is 0 Å². The van der Waals surface area contributed by atoms with Crippen LogP contribution in [-0.2, 0) is 0 Å². The number of nitrogens with one attached hydrogen (secondary N) is 1. The molecule has 1 aromatic carbocycles. The Kier molecular flexibility index (Phi) is 5.50. The second kappa shape index (κ2) is 6.95. The fourth-order valence-corrected chi connectivity index (χ4v) is 3.42. The highest BCUT2D eigenvalue weighted by Gasteiger charge is 2.29. The van der Waals surface area contributed by atoms with Crippen LogP contribution in [0.25, 0.3) is 0 Å². The van der Waals surface area contributed by atoms with Crippen molar-refractivity contribution in [2.45, 2.75) is 52.6 Å². The smallest absolute Gasteiger partial charge is 0.0380 e. The van der Waals surface area contributed by atoms with Crippen molar-refractivity contribution < 1.29 is 0 Å². The summed E-state index contributed by atoms with van der Waals surface area (Å²) in [5.74, 6) is 0.703. The summed E-state index contributed by atoms with van der Waals surface area (Å²) in [5, 5.41) is 3.48. The molecule has 1 aliphatic rings. The standard InChI is InChI=1S/C17H27BrN2/c1-5-19-13(4)16-9-8-15(10-17(16)18)20(11-12(2)3)14-6-7-14/h8-10,12-14,19H,5-7,11H2,1-4H3. The van der Waals surface area contributed by atoms with Crippen LogP contribution in [0, 0.1) is 5.92 Å². The van der Waals surface area contributed by atoms with Gasteiger partial charge < -0.3 is 10.2 Å². The molecule has 0 amide bonds. The summed E-state index contributed by atoms with van der Waals surface area (Å²) >= 11 is 3.76. The molecule has 1 N–H and O–H groups in total. The molecule has 1 unspecified atom stereocenters. The molecule has 0 aromatic heterocycles. The van der Waals surface area contributed by atoms with Crippen LogP contribution in [0.4, 0.5) is 5.69 Å². The third kappa shape index (κ3) is 3.98. The minimum Gasteiger partial charge on any atom is -0.368 e. The minimum atomic E-state index is 0.392. The lowest BCUT2D eigenvalue weighted by Gasteiger charge is -2.27. The summed E-state index contributed by atoms with van der Waals surface area (Å²) in [6.45, 7) is 11.1. The van der Waals surface area contributed by atoms with Crippen molar-refractivity contribution in [2.75, 3.05) is 18.0 Å². The number of anilines is 1. The zero-order valence-electron chi connectivity index (χ0n) is 13.1. The highest BCUT2D eigenvalue weighted by molar-refractivity contribution is 9.10. The Labute approximate surface area is 132 Å². The Morgan fingerprint density at radius 3 is 2.50 bits per heavy atom. The average molecular weight is 339 g/mol. The van der Waals surface area contributed by atoms with Crippen molar-refractivity contribution in [1.82, 2.24) is 5.32 Å². The Morgan fingerprint density at radius 1 is 1.30 bits per heavy atom. The summed E-state index contributed by atoms with van der Waals surface area (Å²) in [6, 6.07) is 8.00. The Bertz CT molecular complexity index is 441. The monoisotopic (exact) mass is 338 g/mol. The highest BCUT2D eigenvalue weighted by Crippen LogP contribution is 2.35. The molecule has 0 heterocycles. The third-order valence-electron chi connectivity index (χ3n) is 3.84. The predicted octanol–water partition coefficient (Wildman–Crippen LogP) is 4.74. The Hall–Kier alpha value is -0.540. The van der Waals surface area contributed by atoms with Crippen LogP contribution < -0.4 is 10.2 Å². The molecule has 0 spiro atoms. The highest BCUT2D eigenvalue weighted by atomic mass is 79.9.